The van der Waals surface area contributed by atoms with E-state index in [0.29, 0.717) is 34.5 Å². The highest BCUT2D eigenvalue weighted by Crippen LogP contribution is 2.29. The number of carbonyl (C=O) groups is 1. The number of halogens is 1. The van der Waals surface area contributed by atoms with Gasteiger partial charge in [0, 0.05) is 18.7 Å². The molecule has 0 aliphatic heterocycles. The first-order valence-electron chi connectivity index (χ1n) is 8.17. The molecule has 0 aliphatic rings. The number of amides is 1. The quantitative estimate of drug-likeness (QED) is 0.625. The third-order valence-electron chi connectivity index (χ3n) is 4.00. The number of nitrogens with zero attached hydrogens (tertiary/aromatic N) is 2. The summed E-state index contributed by atoms with van der Waals surface area (Å²) in [5.41, 5.74) is 1.23. The fourth-order valence-electron chi connectivity index (χ4n) is 2.74. The van der Waals surface area contributed by atoms with Crippen LogP contribution in [0, 0.1) is 0 Å². The van der Waals surface area contributed by atoms with Crippen LogP contribution in [0.5, 0.6) is 11.5 Å². The average molecular weight is 407 g/mol. The van der Waals surface area contributed by atoms with Gasteiger partial charge in [-0.15, -0.1) is 0 Å². The summed E-state index contributed by atoms with van der Waals surface area (Å²) in [5.74, 6) is 0.388. The van der Waals surface area contributed by atoms with Gasteiger partial charge < -0.3 is 18.8 Å². The molecule has 1 aromatic heterocycles. The lowest BCUT2D eigenvalue weighted by Crippen LogP contribution is -2.19. The summed E-state index contributed by atoms with van der Waals surface area (Å²) in [6, 6.07) is 10.8. The van der Waals surface area contributed by atoms with Crippen molar-refractivity contribution in [2.45, 2.75) is 6.54 Å². The highest BCUT2D eigenvalue weighted by molar-refractivity contribution is 7.16. The van der Waals surface area contributed by atoms with E-state index in [-0.39, 0.29) is 5.56 Å². The molecule has 0 fully saturated rings. The van der Waals surface area contributed by atoms with Crippen LogP contribution in [0.3, 0.4) is 0 Å². The Kier molecular flexibility index (Phi) is 6.15. The second-order valence-corrected chi connectivity index (χ2v) is 7.04. The Morgan fingerprint density at radius 2 is 1.85 bits per heavy atom. The molecule has 8 heteroatoms. The zero-order valence-corrected chi connectivity index (χ0v) is 16.8. The standard InChI is InChI=1S/C19H19ClN2O4S/c1-24-10-9-22-13-8-7-12(20)11-16(13)27-19(22)21-18(23)17-14(25-2)5-4-6-15(17)26-3/h4-8,11H,9-10H2,1-3H3. The maximum atomic E-state index is 13.0. The summed E-state index contributed by atoms with van der Waals surface area (Å²) in [7, 11) is 4.64. The van der Waals surface area contributed by atoms with Gasteiger partial charge in [0.25, 0.3) is 5.91 Å². The fraction of sp³-hybridized carbons (Fsp3) is 0.263. The summed E-state index contributed by atoms with van der Waals surface area (Å²) in [6.07, 6.45) is 0. The number of hydrogen-bond acceptors (Lipinski definition) is 5. The first kappa shape index (κ1) is 19.4. The second-order valence-electron chi connectivity index (χ2n) is 5.60. The van der Waals surface area contributed by atoms with Crippen molar-refractivity contribution in [3.8, 4) is 11.5 Å². The number of thiazole rings is 1. The molecule has 0 N–H and O–H groups in total. The van der Waals surface area contributed by atoms with Crippen LogP contribution in [0.25, 0.3) is 10.2 Å². The molecule has 27 heavy (non-hydrogen) atoms. The molecule has 6 nitrogen and oxygen atoms in total. The minimum Gasteiger partial charge on any atom is -0.496 e. The van der Waals surface area contributed by atoms with Gasteiger partial charge in [0.1, 0.15) is 17.1 Å². The maximum absolute atomic E-state index is 13.0. The Bertz CT molecular complexity index is 1020. The fourth-order valence-corrected chi connectivity index (χ4v) is 4.07. The van der Waals surface area contributed by atoms with E-state index in [9.17, 15) is 4.79 Å². The highest BCUT2D eigenvalue weighted by atomic mass is 35.5. The number of aromatic nitrogens is 1. The van der Waals surface area contributed by atoms with Crippen molar-refractivity contribution >= 4 is 39.1 Å². The molecule has 1 amide bonds. The molecular weight excluding hydrogens is 388 g/mol. The predicted molar refractivity (Wildman–Crippen MR) is 106 cm³/mol. The molecule has 3 aromatic rings. The van der Waals surface area contributed by atoms with Gasteiger partial charge in [-0.05, 0) is 30.3 Å². The van der Waals surface area contributed by atoms with Crippen LogP contribution in [-0.4, -0.2) is 38.4 Å². The topological polar surface area (TPSA) is 62.1 Å². The lowest BCUT2D eigenvalue weighted by molar-refractivity contribution is 0.0991. The SMILES string of the molecule is COCCn1c(=NC(=O)c2c(OC)cccc2OC)sc2cc(Cl)ccc21. The molecule has 142 valence electrons. The van der Waals surface area contributed by atoms with E-state index in [0.717, 1.165) is 10.2 Å². The van der Waals surface area contributed by atoms with Gasteiger partial charge in [0.15, 0.2) is 4.80 Å². The van der Waals surface area contributed by atoms with E-state index in [1.54, 1.807) is 25.3 Å². The minimum atomic E-state index is -0.437. The van der Waals surface area contributed by atoms with E-state index in [2.05, 4.69) is 4.99 Å². The van der Waals surface area contributed by atoms with Crippen molar-refractivity contribution in [2.24, 2.45) is 4.99 Å². The van der Waals surface area contributed by atoms with E-state index < -0.39 is 5.91 Å². The van der Waals surface area contributed by atoms with Crippen molar-refractivity contribution in [2.75, 3.05) is 27.9 Å². The van der Waals surface area contributed by atoms with Crippen LogP contribution in [0.15, 0.2) is 41.4 Å². The van der Waals surface area contributed by atoms with Crippen molar-refractivity contribution in [1.29, 1.82) is 0 Å². The van der Waals surface area contributed by atoms with Crippen LogP contribution in [-0.2, 0) is 11.3 Å². The molecule has 1 heterocycles. The molecule has 0 saturated carbocycles. The van der Waals surface area contributed by atoms with Gasteiger partial charge in [-0.3, -0.25) is 4.79 Å². The average Bonchev–Trinajstić information content (AvgIpc) is 3.01. The molecular formula is C19H19ClN2O4S. The largest absolute Gasteiger partial charge is 0.496 e. The van der Waals surface area contributed by atoms with Gasteiger partial charge in [-0.2, -0.15) is 4.99 Å². The Labute approximate surface area is 165 Å². The van der Waals surface area contributed by atoms with Crippen LogP contribution in [0.2, 0.25) is 5.02 Å². The summed E-state index contributed by atoms with van der Waals surface area (Å²) in [5, 5.41) is 0.631. The molecule has 0 spiro atoms. The van der Waals surface area contributed by atoms with Gasteiger partial charge in [0.2, 0.25) is 0 Å². The lowest BCUT2D eigenvalue weighted by atomic mass is 10.1. The number of benzene rings is 2. The van der Waals surface area contributed by atoms with Crippen LogP contribution < -0.4 is 14.3 Å². The van der Waals surface area contributed by atoms with Crippen molar-refractivity contribution < 1.29 is 19.0 Å². The van der Waals surface area contributed by atoms with Crippen molar-refractivity contribution in [3.05, 3.63) is 51.8 Å². The molecule has 0 saturated heterocycles. The Balaban J connectivity index is 2.17. The van der Waals surface area contributed by atoms with Crippen LogP contribution in [0.1, 0.15) is 10.4 Å². The molecule has 2 aromatic carbocycles. The third kappa shape index (κ3) is 4.00. The number of carbonyl (C=O) groups excluding carboxylic acids is 1. The first-order valence-corrected chi connectivity index (χ1v) is 9.36. The smallest absolute Gasteiger partial charge is 0.287 e. The van der Waals surface area contributed by atoms with Crippen molar-refractivity contribution in [1.82, 2.24) is 4.57 Å². The van der Waals surface area contributed by atoms with E-state index in [1.165, 1.54) is 25.6 Å². The first-order chi connectivity index (χ1) is 13.1. The molecule has 0 bridgehead atoms. The predicted octanol–water partition coefficient (Wildman–Crippen LogP) is 3.76. The van der Waals surface area contributed by atoms with Crippen molar-refractivity contribution in [3.63, 3.8) is 0 Å². The highest BCUT2D eigenvalue weighted by Gasteiger charge is 2.18. The summed E-state index contributed by atoms with van der Waals surface area (Å²) >= 11 is 7.50. The van der Waals surface area contributed by atoms with Crippen LogP contribution >= 0.6 is 22.9 Å². The normalized spacial score (nSPS) is 11.8. The zero-order valence-electron chi connectivity index (χ0n) is 15.2. The molecule has 3 rings (SSSR count). The molecule has 0 atom stereocenters. The number of rotatable bonds is 6. The molecule has 0 radical (unpaired) electrons. The summed E-state index contributed by atoms with van der Waals surface area (Å²) in [6.45, 7) is 1.06. The van der Waals surface area contributed by atoms with Gasteiger partial charge in [-0.1, -0.05) is 29.0 Å². The minimum absolute atomic E-state index is 0.288. The van der Waals surface area contributed by atoms with Gasteiger partial charge in [0.05, 0.1) is 31.0 Å². The van der Waals surface area contributed by atoms with Gasteiger partial charge >= 0.3 is 0 Å². The number of hydrogen-bond donors (Lipinski definition) is 0. The van der Waals surface area contributed by atoms with Gasteiger partial charge in [-0.25, -0.2) is 0 Å². The Morgan fingerprint density at radius 3 is 2.48 bits per heavy atom. The third-order valence-corrected chi connectivity index (χ3v) is 5.28. The number of fused-ring (bicyclic) bond motifs is 1. The van der Waals surface area contributed by atoms with E-state index >= 15 is 0 Å². The van der Waals surface area contributed by atoms with E-state index in [4.69, 9.17) is 25.8 Å². The summed E-state index contributed by atoms with van der Waals surface area (Å²) < 4.78 is 18.7. The zero-order chi connectivity index (χ0) is 19.4. The van der Waals surface area contributed by atoms with Crippen LogP contribution in [0.4, 0.5) is 0 Å². The van der Waals surface area contributed by atoms with E-state index in [1.807, 2.05) is 22.8 Å². The Hall–Kier alpha value is -2.35. The lowest BCUT2D eigenvalue weighted by Gasteiger charge is -2.09. The number of methoxy groups -OCH3 is 3. The number of ether oxygens (including phenoxy) is 3. The monoisotopic (exact) mass is 406 g/mol. The molecule has 0 unspecified atom stereocenters. The maximum Gasteiger partial charge on any atom is 0.287 e. The summed E-state index contributed by atoms with van der Waals surface area (Å²) in [4.78, 5) is 17.9. The second kappa shape index (κ2) is 8.56. The molecule has 0 aliphatic carbocycles. The Morgan fingerprint density at radius 1 is 1.15 bits per heavy atom.